The summed E-state index contributed by atoms with van der Waals surface area (Å²) in [4.78, 5) is 36.2. The van der Waals surface area contributed by atoms with Gasteiger partial charge in [0.25, 0.3) is 0 Å². The van der Waals surface area contributed by atoms with Crippen LogP contribution in [0.15, 0.2) is 103 Å². The van der Waals surface area contributed by atoms with E-state index < -0.39 is 29.0 Å². The lowest BCUT2D eigenvalue weighted by Crippen LogP contribution is -2.35. The molecule has 0 spiro atoms. The molecule has 0 fully saturated rings. The number of esters is 1. The largest absolute Gasteiger partial charge is 0.493 e. The molecule has 10 nitrogen and oxygen atoms in total. The number of nitrogens with one attached hydrogen (secondary N) is 1. The summed E-state index contributed by atoms with van der Waals surface area (Å²) in [6, 6.07) is 26.1. The van der Waals surface area contributed by atoms with Gasteiger partial charge in [-0.05, 0) is 77.0 Å². The summed E-state index contributed by atoms with van der Waals surface area (Å²) in [7, 11) is 3.18. The van der Waals surface area contributed by atoms with E-state index in [1.54, 1.807) is 45.4 Å². The SMILES string of the molecule is C=C(C)C(=O)OCCNC(=O)Oc1ccc(C2(c3ccccc3)C=Cc3c4c(c5cc(OC)c(OC)cc5c3O2)-c2ccc(C(=O)O)cc2C4(C)C)cc1. The van der Waals surface area contributed by atoms with E-state index in [0.29, 0.717) is 23.0 Å². The van der Waals surface area contributed by atoms with Crippen molar-refractivity contribution in [1.82, 2.24) is 5.32 Å². The first-order valence-corrected chi connectivity index (χ1v) is 17.4. The van der Waals surface area contributed by atoms with Crippen LogP contribution in [0.25, 0.3) is 28.0 Å². The standard InChI is InChI=1S/C44H39NO9/c1-25(2)41(48)52-21-20-45-42(49)53-29-15-13-28(14-16-29)44(27-10-8-7-9-11-27)19-18-31-38-37(30-17-12-26(40(46)47)22-34(30)43(38,3)4)32-23-35(50-5)36(51-6)24-33(32)39(31)54-44/h7-19,22-24H,1,20-21H2,2-6H3,(H,45,49)(H,46,47). The Balaban J connectivity index is 1.33. The van der Waals surface area contributed by atoms with Gasteiger partial charge in [-0.2, -0.15) is 0 Å². The summed E-state index contributed by atoms with van der Waals surface area (Å²) in [6.07, 6.45) is 3.43. The summed E-state index contributed by atoms with van der Waals surface area (Å²) in [5.74, 6) is 0.490. The second-order valence-electron chi connectivity index (χ2n) is 13.7. The number of methoxy groups -OCH3 is 2. The summed E-state index contributed by atoms with van der Waals surface area (Å²) < 4.78 is 29.4. The van der Waals surface area contributed by atoms with Crippen LogP contribution in [0.5, 0.6) is 23.0 Å². The highest BCUT2D eigenvalue weighted by Gasteiger charge is 2.44. The van der Waals surface area contributed by atoms with Crippen molar-refractivity contribution in [2.24, 2.45) is 0 Å². The lowest BCUT2D eigenvalue weighted by molar-refractivity contribution is -0.138. The first kappa shape index (κ1) is 35.8. The number of rotatable bonds is 10. The van der Waals surface area contributed by atoms with Crippen molar-refractivity contribution < 1.29 is 43.2 Å². The number of aromatic carboxylic acids is 1. The molecule has 0 aromatic heterocycles. The van der Waals surface area contributed by atoms with E-state index in [2.05, 4.69) is 31.8 Å². The number of carboxylic acids is 1. The molecule has 0 radical (unpaired) electrons. The number of hydrogen-bond acceptors (Lipinski definition) is 8. The molecule has 54 heavy (non-hydrogen) atoms. The number of carboxylic acid groups (broad SMARTS) is 1. The van der Waals surface area contributed by atoms with Crippen molar-refractivity contribution in [2.45, 2.75) is 31.8 Å². The quantitative estimate of drug-likeness (QED) is 0.0828. The van der Waals surface area contributed by atoms with Gasteiger partial charge in [-0.1, -0.05) is 75.0 Å². The molecule has 1 atom stereocenters. The van der Waals surface area contributed by atoms with Crippen LogP contribution in [0.2, 0.25) is 0 Å². The summed E-state index contributed by atoms with van der Waals surface area (Å²) in [5.41, 5.74) is 5.15. The highest BCUT2D eigenvalue weighted by Crippen LogP contribution is 2.59. The molecular formula is C44H39NO9. The monoisotopic (exact) mass is 725 g/mol. The molecule has 2 aliphatic rings. The molecule has 5 aromatic carbocycles. The van der Waals surface area contributed by atoms with Crippen LogP contribution in [0, 0.1) is 0 Å². The minimum absolute atomic E-state index is 0.0202. The van der Waals surface area contributed by atoms with Gasteiger partial charge in [0.15, 0.2) is 17.1 Å². The summed E-state index contributed by atoms with van der Waals surface area (Å²) >= 11 is 0. The zero-order valence-corrected chi connectivity index (χ0v) is 30.6. The van der Waals surface area contributed by atoms with Crippen LogP contribution in [0.4, 0.5) is 4.79 Å². The van der Waals surface area contributed by atoms with E-state index >= 15 is 0 Å². The molecule has 1 aliphatic heterocycles. The lowest BCUT2D eigenvalue weighted by Gasteiger charge is -2.38. The van der Waals surface area contributed by atoms with Gasteiger partial charge in [0.2, 0.25) is 0 Å². The number of fused-ring (bicyclic) bond motifs is 8. The number of carbonyl (C=O) groups excluding carboxylic acids is 2. The van der Waals surface area contributed by atoms with E-state index in [-0.39, 0.29) is 24.3 Å². The smallest absolute Gasteiger partial charge is 0.412 e. The zero-order valence-electron chi connectivity index (χ0n) is 30.6. The Morgan fingerprint density at radius 1 is 0.870 bits per heavy atom. The van der Waals surface area contributed by atoms with E-state index in [0.717, 1.165) is 49.7 Å². The number of amides is 1. The summed E-state index contributed by atoms with van der Waals surface area (Å²) in [5, 5.41) is 14.1. The Morgan fingerprint density at radius 2 is 1.54 bits per heavy atom. The van der Waals surface area contributed by atoms with E-state index in [9.17, 15) is 19.5 Å². The van der Waals surface area contributed by atoms with Gasteiger partial charge in [-0.15, -0.1) is 0 Å². The minimum Gasteiger partial charge on any atom is -0.493 e. The number of ether oxygens (including phenoxy) is 5. The van der Waals surface area contributed by atoms with Crippen molar-refractivity contribution in [3.05, 3.63) is 137 Å². The normalized spacial score (nSPS) is 15.9. The fraction of sp³-hybridized carbons (Fsp3) is 0.205. The predicted molar refractivity (Wildman–Crippen MR) is 205 cm³/mol. The third-order valence-electron chi connectivity index (χ3n) is 10.0. The van der Waals surface area contributed by atoms with Gasteiger partial charge in [0.1, 0.15) is 18.1 Å². The number of benzene rings is 5. The molecule has 5 aromatic rings. The molecular weight excluding hydrogens is 686 g/mol. The third-order valence-corrected chi connectivity index (χ3v) is 10.0. The van der Waals surface area contributed by atoms with Gasteiger partial charge in [-0.25, -0.2) is 14.4 Å². The Hall–Kier alpha value is -6.55. The third kappa shape index (κ3) is 5.99. The molecule has 1 aliphatic carbocycles. The maximum Gasteiger partial charge on any atom is 0.412 e. The van der Waals surface area contributed by atoms with Crippen molar-refractivity contribution in [3.8, 4) is 34.1 Å². The van der Waals surface area contributed by atoms with Crippen LogP contribution in [-0.4, -0.2) is 50.5 Å². The molecule has 10 heteroatoms. The van der Waals surface area contributed by atoms with Gasteiger partial charge in [-0.3, -0.25) is 0 Å². The molecule has 1 heterocycles. The predicted octanol–water partition coefficient (Wildman–Crippen LogP) is 8.42. The van der Waals surface area contributed by atoms with Crippen LogP contribution < -0.4 is 24.3 Å². The Morgan fingerprint density at radius 3 is 2.19 bits per heavy atom. The maximum atomic E-state index is 12.5. The second kappa shape index (κ2) is 13.8. The topological polar surface area (TPSA) is 130 Å². The average molecular weight is 726 g/mol. The number of hydrogen-bond donors (Lipinski definition) is 2. The van der Waals surface area contributed by atoms with E-state index in [1.807, 2.05) is 66.7 Å². The molecule has 0 saturated heterocycles. The summed E-state index contributed by atoms with van der Waals surface area (Å²) in [6.45, 7) is 9.34. The fourth-order valence-electron chi connectivity index (χ4n) is 7.44. The fourth-order valence-corrected chi connectivity index (χ4v) is 7.44. The molecule has 0 saturated carbocycles. The van der Waals surface area contributed by atoms with Gasteiger partial charge in [0, 0.05) is 33.1 Å². The van der Waals surface area contributed by atoms with Crippen molar-refractivity contribution in [2.75, 3.05) is 27.4 Å². The van der Waals surface area contributed by atoms with Gasteiger partial charge in [0.05, 0.1) is 26.3 Å². The number of carbonyl (C=O) groups is 3. The van der Waals surface area contributed by atoms with Crippen molar-refractivity contribution >= 4 is 34.9 Å². The first-order chi connectivity index (χ1) is 25.9. The first-order valence-electron chi connectivity index (χ1n) is 17.4. The Labute approximate surface area is 312 Å². The van der Waals surface area contributed by atoms with Gasteiger partial charge >= 0.3 is 18.0 Å². The van der Waals surface area contributed by atoms with Crippen molar-refractivity contribution in [3.63, 3.8) is 0 Å². The van der Waals surface area contributed by atoms with Crippen LogP contribution in [0.3, 0.4) is 0 Å². The lowest BCUT2D eigenvalue weighted by atomic mass is 9.76. The van der Waals surface area contributed by atoms with E-state index in [4.69, 9.17) is 23.7 Å². The second-order valence-corrected chi connectivity index (χ2v) is 13.7. The van der Waals surface area contributed by atoms with Crippen molar-refractivity contribution in [1.29, 1.82) is 0 Å². The highest BCUT2D eigenvalue weighted by molar-refractivity contribution is 6.10. The molecule has 2 N–H and O–H groups in total. The van der Waals surface area contributed by atoms with Crippen LogP contribution >= 0.6 is 0 Å². The zero-order chi connectivity index (χ0) is 38.4. The average Bonchev–Trinajstić information content (AvgIpc) is 3.42. The minimum atomic E-state index is -1.11. The molecule has 1 amide bonds. The highest BCUT2D eigenvalue weighted by atomic mass is 16.6. The van der Waals surface area contributed by atoms with Gasteiger partial charge < -0.3 is 34.1 Å². The van der Waals surface area contributed by atoms with E-state index in [1.165, 1.54) is 0 Å². The molecule has 274 valence electrons. The Kier molecular flexibility index (Phi) is 9.14. The van der Waals surface area contributed by atoms with Crippen LogP contribution in [0.1, 0.15) is 58.9 Å². The maximum absolute atomic E-state index is 12.5. The van der Waals surface area contributed by atoms with Crippen LogP contribution in [-0.2, 0) is 20.5 Å². The molecule has 0 bridgehead atoms. The Bertz CT molecular complexity index is 2380. The molecule has 1 unspecified atom stereocenters. The molecule has 7 rings (SSSR count).